The Labute approximate surface area is 118 Å². The molecule has 1 aromatic rings. The summed E-state index contributed by atoms with van der Waals surface area (Å²) in [6.45, 7) is 6.60. The summed E-state index contributed by atoms with van der Waals surface area (Å²) in [7, 11) is 1.74. The van der Waals surface area contributed by atoms with Gasteiger partial charge in [0.25, 0.3) is 0 Å². The summed E-state index contributed by atoms with van der Waals surface area (Å²) < 4.78 is 6.29. The largest absolute Gasteiger partial charge is 0.383 e. The molecule has 0 aliphatic carbocycles. The minimum Gasteiger partial charge on any atom is -0.383 e. The molecule has 1 rings (SSSR count). The van der Waals surface area contributed by atoms with Crippen molar-refractivity contribution in [2.45, 2.75) is 32.9 Å². The maximum Gasteiger partial charge on any atom is 0.0637 e. The van der Waals surface area contributed by atoms with Crippen molar-refractivity contribution in [2.75, 3.05) is 25.2 Å². The van der Waals surface area contributed by atoms with E-state index in [1.165, 1.54) is 11.3 Å². The predicted octanol–water partition coefficient (Wildman–Crippen LogP) is 3.16. The monoisotopic (exact) mass is 314 g/mol. The van der Waals surface area contributed by atoms with Crippen LogP contribution < -0.4 is 10.6 Å². The lowest BCUT2D eigenvalue weighted by Crippen LogP contribution is -2.36. The molecule has 0 saturated heterocycles. The molecule has 0 aromatic heterocycles. The first-order valence-corrected chi connectivity index (χ1v) is 7.17. The van der Waals surface area contributed by atoms with Crippen LogP contribution in [0.3, 0.4) is 0 Å². The van der Waals surface area contributed by atoms with Crippen LogP contribution in [-0.2, 0) is 11.3 Å². The fourth-order valence-electron chi connectivity index (χ4n) is 1.97. The molecule has 3 nitrogen and oxygen atoms in total. The summed E-state index contributed by atoms with van der Waals surface area (Å²) in [5, 5.41) is 0. The molecule has 1 atom stereocenters. The van der Waals surface area contributed by atoms with E-state index in [0.29, 0.717) is 12.6 Å². The summed E-state index contributed by atoms with van der Waals surface area (Å²) in [5.41, 5.74) is 8.22. The van der Waals surface area contributed by atoms with Crippen molar-refractivity contribution in [1.29, 1.82) is 0 Å². The lowest BCUT2D eigenvalue weighted by atomic mass is 10.1. The number of benzene rings is 1. The fourth-order valence-corrected chi connectivity index (χ4v) is 2.31. The van der Waals surface area contributed by atoms with Crippen molar-refractivity contribution >= 4 is 21.6 Å². The Kier molecular flexibility index (Phi) is 6.68. The second kappa shape index (κ2) is 7.77. The van der Waals surface area contributed by atoms with E-state index >= 15 is 0 Å². The summed E-state index contributed by atoms with van der Waals surface area (Å²) in [5.74, 6) is 0. The van der Waals surface area contributed by atoms with E-state index in [9.17, 15) is 0 Å². The summed E-state index contributed by atoms with van der Waals surface area (Å²) in [6, 6.07) is 6.74. The van der Waals surface area contributed by atoms with Gasteiger partial charge < -0.3 is 15.4 Å². The first-order chi connectivity index (χ1) is 8.63. The SMILES string of the molecule is CCC(C)N(CCOC)c1cc(Br)ccc1CN. The van der Waals surface area contributed by atoms with Gasteiger partial charge in [0.1, 0.15) is 0 Å². The van der Waals surface area contributed by atoms with Gasteiger partial charge >= 0.3 is 0 Å². The minimum absolute atomic E-state index is 0.472. The van der Waals surface area contributed by atoms with Gasteiger partial charge in [-0.3, -0.25) is 0 Å². The van der Waals surface area contributed by atoms with Crippen LogP contribution in [0.15, 0.2) is 22.7 Å². The van der Waals surface area contributed by atoms with Gasteiger partial charge in [0.05, 0.1) is 6.61 Å². The number of hydrogen-bond donors (Lipinski definition) is 1. The summed E-state index contributed by atoms with van der Waals surface area (Å²) in [6.07, 6.45) is 1.10. The van der Waals surface area contributed by atoms with E-state index in [-0.39, 0.29) is 0 Å². The van der Waals surface area contributed by atoms with Crippen molar-refractivity contribution < 1.29 is 4.74 Å². The lowest BCUT2D eigenvalue weighted by Gasteiger charge is -2.32. The molecule has 4 heteroatoms. The molecule has 102 valence electrons. The van der Waals surface area contributed by atoms with E-state index in [1.807, 2.05) is 6.07 Å². The van der Waals surface area contributed by atoms with E-state index < -0.39 is 0 Å². The van der Waals surface area contributed by atoms with Crippen LogP contribution in [0.2, 0.25) is 0 Å². The topological polar surface area (TPSA) is 38.5 Å². The minimum atomic E-state index is 0.472. The van der Waals surface area contributed by atoms with Crippen molar-refractivity contribution in [3.63, 3.8) is 0 Å². The molecule has 0 radical (unpaired) electrons. The first kappa shape index (κ1) is 15.5. The average Bonchev–Trinajstić information content (AvgIpc) is 2.39. The molecule has 2 N–H and O–H groups in total. The molecule has 1 aromatic carbocycles. The second-order valence-electron chi connectivity index (χ2n) is 4.42. The zero-order valence-electron chi connectivity index (χ0n) is 11.4. The Bertz CT molecular complexity index is 371. The van der Waals surface area contributed by atoms with Gasteiger partial charge in [-0.1, -0.05) is 28.9 Å². The molecule has 18 heavy (non-hydrogen) atoms. The lowest BCUT2D eigenvalue weighted by molar-refractivity contribution is 0.203. The highest BCUT2D eigenvalue weighted by atomic mass is 79.9. The number of rotatable bonds is 7. The molecule has 0 fully saturated rings. The predicted molar refractivity (Wildman–Crippen MR) is 81.0 cm³/mol. The first-order valence-electron chi connectivity index (χ1n) is 6.38. The van der Waals surface area contributed by atoms with E-state index in [2.05, 4.69) is 46.8 Å². The van der Waals surface area contributed by atoms with Crippen LogP contribution >= 0.6 is 15.9 Å². The Balaban J connectivity index is 3.05. The molecule has 0 heterocycles. The van der Waals surface area contributed by atoms with Gasteiger partial charge in [-0.25, -0.2) is 0 Å². The number of methoxy groups -OCH3 is 1. The van der Waals surface area contributed by atoms with Crippen LogP contribution in [0, 0.1) is 0 Å². The van der Waals surface area contributed by atoms with Crippen LogP contribution in [0.4, 0.5) is 5.69 Å². The number of anilines is 1. The third-order valence-electron chi connectivity index (χ3n) is 3.24. The number of halogens is 1. The Morgan fingerprint density at radius 2 is 2.17 bits per heavy atom. The van der Waals surface area contributed by atoms with Crippen LogP contribution in [0.25, 0.3) is 0 Å². The van der Waals surface area contributed by atoms with Gasteiger partial charge in [-0.05, 0) is 31.0 Å². The highest BCUT2D eigenvalue weighted by Crippen LogP contribution is 2.27. The van der Waals surface area contributed by atoms with Crippen molar-refractivity contribution in [2.24, 2.45) is 5.73 Å². The molecule has 0 saturated carbocycles. The van der Waals surface area contributed by atoms with Gasteiger partial charge in [0, 0.05) is 36.4 Å². The number of hydrogen-bond acceptors (Lipinski definition) is 3. The molecule has 0 aliphatic heterocycles. The van der Waals surface area contributed by atoms with Crippen LogP contribution in [-0.4, -0.2) is 26.3 Å². The average molecular weight is 315 g/mol. The Morgan fingerprint density at radius 3 is 2.72 bits per heavy atom. The maximum absolute atomic E-state index is 5.84. The van der Waals surface area contributed by atoms with Gasteiger partial charge in [0.2, 0.25) is 0 Å². The molecule has 0 bridgehead atoms. The highest BCUT2D eigenvalue weighted by molar-refractivity contribution is 9.10. The van der Waals surface area contributed by atoms with Crippen molar-refractivity contribution in [3.05, 3.63) is 28.2 Å². The van der Waals surface area contributed by atoms with Crippen LogP contribution in [0.5, 0.6) is 0 Å². The number of nitrogens with two attached hydrogens (primary N) is 1. The van der Waals surface area contributed by atoms with E-state index in [1.54, 1.807) is 7.11 Å². The highest BCUT2D eigenvalue weighted by Gasteiger charge is 2.16. The summed E-state index contributed by atoms with van der Waals surface area (Å²) in [4.78, 5) is 2.37. The van der Waals surface area contributed by atoms with Gasteiger partial charge in [-0.2, -0.15) is 0 Å². The zero-order valence-corrected chi connectivity index (χ0v) is 13.0. The van der Waals surface area contributed by atoms with E-state index in [4.69, 9.17) is 10.5 Å². The third kappa shape index (κ3) is 3.97. The molecule has 0 spiro atoms. The third-order valence-corrected chi connectivity index (χ3v) is 3.73. The van der Waals surface area contributed by atoms with Crippen LogP contribution in [0.1, 0.15) is 25.8 Å². The van der Waals surface area contributed by atoms with Gasteiger partial charge in [-0.15, -0.1) is 0 Å². The standard InChI is InChI=1S/C14H23BrN2O/c1-4-11(2)17(7-8-18-3)14-9-13(15)6-5-12(14)10-16/h5-6,9,11H,4,7-8,10,16H2,1-3H3. The number of nitrogens with zero attached hydrogens (tertiary/aromatic N) is 1. The Hall–Kier alpha value is -0.580. The zero-order chi connectivity index (χ0) is 13.5. The molecule has 0 aliphatic rings. The quantitative estimate of drug-likeness (QED) is 0.840. The van der Waals surface area contributed by atoms with Crippen molar-refractivity contribution in [1.82, 2.24) is 0 Å². The summed E-state index contributed by atoms with van der Waals surface area (Å²) >= 11 is 3.53. The molecule has 0 amide bonds. The molecule has 1 unspecified atom stereocenters. The molecular weight excluding hydrogens is 292 g/mol. The smallest absolute Gasteiger partial charge is 0.0637 e. The fraction of sp³-hybridized carbons (Fsp3) is 0.571. The Morgan fingerprint density at radius 1 is 1.44 bits per heavy atom. The van der Waals surface area contributed by atoms with Gasteiger partial charge in [0.15, 0.2) is 0 Å². The molecular formula is C14H23BrN2O. The van der Waals surface area contributed by atoms with Crippen molar-refractivity contribution in [3.8, 4) is 0 Å². The maximum atomic E-state index is 5.84. The number of ether oxygens (including phenoxy) is 1. The second-order valence-corrected chi connectivity index (χ2v) is 5.34. The van der Waals surface area contributed by atoms with E-state index in [0.717, 1.165) is 24.0 Å². The normalized spacial score (nSPS) is 12.5.